The Hall–Kier alpha value is -1.09. The van der Waals surface area contributed by atoms with Crippen molar-refractivity contribution in [3.63, 3.8) is 0 Å². The van der Waals surface area contributed by atoms with E-state index in [2.05, 4.69) is 20.1 Å². The summed E-state index contributed by atoms with van der Waals surface area (Å²) < 4.78 is 9.98. The Morgan fingerprint density at radius 2 is 1.32 bits per heavy atom. The zero-order valence-electron chi connectivity index (χ0n) is 16.5. The monoisotopic (exact) mass is 352 g/mol. The van der Waals surface area contributed by atoms with Crippen molar-refractivity contribution in [2.24, 2.45) is 0 Å². The average molecular weight is 353 g/mol. The van der Waals surface area contributed by atoms with Crippen LogP contribution in [0.3, 0.4) is 0 Å². The van der Waals surface area contributed by atoms with Gasteiger partial charge in [0, 0.05) is 5.57 Å². The van der Waals surface area contributed by atoms with Gasteiger partial charge in [0.1, 0.15) is 0 Å². The highest BCUT2D eigenvalue weighted by molar-refractivity contribution is 5.87. The Balaban J connectivity index is 3.27. The highest BCUT2D eigenvalue weighted by Gasteiger charge is 2.07. The lowest BCUT2D eigenvalue weighted by atomic mass is 10.0. The predicted octanol–water partition coefficient (Wildman–Crippen LogP) is 6.73. The number of rotatable bonds is 19. The van der Waals surface area contributed by atoms with Gasteiger partial charge in [0.05, 0.1) is 6.61 Å². The zero-order valence-corrected chi connectivity index (χ0v) is 16.5. The molecule has 25 heavy (non-hydrogen) atoms. The minimum atomic E-state index is -0.344. The first kappa shape index (κ1) is 23.9. The van der Waals surface area contributed by atoms with Gasteiger partial charge in [-0.3, -0.25) is 0 Å². The van der Waals surface area contributed by atoms with Crippen molar-refractivity contribution in [1.29, 1.82) is 0 Å². The summed E-state index contributed by atoms with van der Waals surface area (Å²) in [4.78, 5) is 11.6. The molecular weight excluding hydrogens is 312 g/mol. The molecule has 0 spiro atoms. The molecule has 0 unspecified atom stereocenters. The zero-order chi connectivity index (χ0) is 18.6. The van der Waals surface area contributed by atoms with Gasteiger partial charge in [-0.15, -0.1) is 6.58 Å². The van der Waals surface area contributed by atoms with Crippen molar-refractivity contribution in [3.8, 4) is 0 Å². The summed E-state index contributed by atoms with van der Waals surface area (Å²) in [5.41, 5.74) is 0.547. The van der Waals surface area contributed by atoms with Crippen molar-refractivity contribution in [2.75, 3.05) is 13.4 Å². The molecule has 0 aromatic heterocycles. The summed E-state index contributed by atoms with van der Waals surface area (Å²) in [7, 11) is 0. The number of unbranched alkanes of at least 4 members (excludes halogenated alkanes) is 12. The molecule has 0 N–H and O–H groups in total. The van der Waals surface area contributed by atoms with Crippen molar-refractivity contribution >= 4 is 5.97 Å². The second-order valence-corrected chi connectivity index (χ2v) is 6.81. The molecule has 0 saturated carbocycles. The molecule has 3 heteroatoms. The molecule has 0 atom stereocenters. The lowest BCUT2D eigenvalue weighted by Gasteiger charge is -2.07. The van der Waals surface area contributed by atoms with Crippen molar-refractivity contribution in [1.82, 2.24) is 0 Å². The van der Waals surface area contributed by atoms with Crippen molar-refractivity contribution < 1.29 is 14.3 Å². The summed E-state index contributed by atoms with van der Waals surface area (Å²) in [5.74, 6) is -0.344. The van der Waals surface area contributed by atoms with Gasteiger partial charge < -0.3 is 9.47 Å². The Morgan fingerprint density at radius 1 is 0.840 bits per heavy atom. The molecule has 0 amide bonds. The van der Waals surface area contributed by atoms with Crippen LogP contribution in [0.25, 0.3) is 0 Å². The van der Waals surface area contributed by atoms with E-state index in [0.717, 1.165) is 19.3 Å². The quantitative estimate of drug-likeness (QED) is 0.0850. The molecule has 0 aromatic carbocycles. The maximum atomic E-state index is 11.6. The third kappa shape index (κ3) is 17.5. The van der Waals surface area contributed by atoms with Crippen LogP contribution >= 0.6 is 0 Å². The SMILES string of the molecule is C=CCOCOC(=O)C(=C)CCCCCCCCCCCCCCC. The van der Waals surface area contributed by atoms with Gasteiger partial charge >= 0.3 is 5.97 Å². The molecule has 0 aliphatic heterocycles. The van der Waals surface area contributed by atoms with Gasteiger partial charge in [-0.1, -0.05) is 96.6 Å². The number of carbonyl (C=O) groups is 1. The van der Waals surface area contributed by atoms with E-state index in [9.17, 15) is 4.79 Å². The van der Waals surface area contributed by atoms with E-state index in [0.29, 0.717) is 12.2 Å². The lowest BCUT2D eigenvalue weighted by Crippen LogP contribution is -2.10. The highest BCUT2D eigenvalue weighted by atomic mass is 16.7. The number of carbonyl (C=O) groups excluding carboxylic acids is 1. The van der Waals surface area contributed by atoms with E-state index in [-0.39, 0.29) is 12.8 Å². The molecule has 0 radical (unpaired) electrons. The Bertz CT molecular complexity index is 336. The van der Waals surface area contributed by atoms with Crippen LogP contribution in [-0.4, -0.2) is 19.4 Å². The predicted molar refractivity (Wildman–Crippen MR) is 107 cm³/mol. The fraction of sp³-hybridized carbons (Fsp3) is 0.773. The Labute approximate surface area is 155 Å². The number of hydrogen-bond acceptors (Lipinski definition) is 3. The summed E-state index contributed by atoms with van der Waals surface area (Å²) in [5, 5.41) is 0. The van der Waals surface area contributed by atoms with E-state index < -0.39 is 0 Å². The molecule has 146 valence electrons. The van der Waals surface area contributed by atoms with Crippen LogP contribution in [0.4, 0.5) is 0 Å². The van der Waals surface area contributed by atoms with Crippen LogP contribution in [-0.2, 0) is 14.3 Å². The summed E-state index contributed by atoms with van der Waals surface area (Å²) in [6.07, 6.45) is 19.6. The fourth-order valence-corrected chi connectivity index (χ4v) is 2.79. The molecular formula is C22H40O3. The Kier molecular flexibility index (Phi) is 18.4. The standard InChI is InChI=1S/C22H40O3/c1-4-6-7-8-9-10-11-12-13-14-15-16-17-18-21(3)22(23)25-20-24-19-5-2/h5H,2-4,6-20H2,1H3. The molecule has 0 aliphatic carbocycles. The second-order valence-electron chi connectivity index (χ2n) is 6.81. The average Bonchev–Trinajstić information content (AvgIpc) is 2.62. The fourth-order valence-electron chi connectivity index (χ4n) is 2.79. The number of ether oxygens (including phenoxy) is 2. The molecule has 0 rings (SSSR count). The van der Waals surface area contributed by atoms with Crippen molar-refractivity contribution in [2.45, 2.75) is 96.8 Å². The molecule has 0 bridgehead atoms. The van der Waals surface area contributed by atoms with Gasteiger partial charge in [-0.2, -0.15) is 0 Å². The van der Waals surface area contributed by atoms with Crippen LogP contribution in [0.1, 0.15) is 96.8 Å². The van der Waals surface area contributed by atoms with Crippen LogP contribution in [0.2, 0.25) is 0 Å². The van der Waals surface area contributed by atoms with Crippen molar-refractivity contribution in [3.05, 3.63) is 24.8 Å². The second kappa shape index (κ2) is 19.2. The smallest absolute Gasteiger partial charge is 0.335 e. The third-order valence-electron chi connectivity index (χ3n) is 4.38. The summed E-state index contributed by atoms with van der Waals surface area (Å²) in [6, 6.07) is 0. The topological polar surface area (TPSA) is 35.5 Å². The minimum Gasteiger partial charge on any atom is -0.435 e. The molecule has 0 aliphatic rings. The molecule has 3 nitrogen and oxygen atoms in total. The van der Waals surface area contributed by atoms with Gasteiger partial charge in [-0.25, -0.2) is 4.79 Å². The molecule has 0 fully saturated rings. The molecule has 0 heterocycles. The van der Waals surface area contributed by atoms with E-state index in [4.69, 9.17) is 9.47 Å². The van der Waals surface area contributed by atoms with E-state index in [1.807, 2.05) is 0 Å². The largest absolute Gasteiger partial charge is 0.435 e. The summed E-state index contributed by atoms with van der Waals surface area (Å²) in [6.45, 7) is 9.95. The number of hydrogen-bond donors (Lipinski definition) is 0. The molecule has 0 aromatic rings. The maximum Gasteiger partial charge on any atom is 0.335 e. The van der Waals surface area contributed by atoms with Gasteiger partial charge in [0.2, 0.25) is 0 Å². The van der Waals surface area contributed by atoms with Crippen LogP contribution in [0.15, 0.2) is 24.8 Å². The first-order chi connectivity index (χ1) is 12.2. The van der Waals surface area contributed by atoms with Gasteiger partial charge in [-0.05, 0) is 12.8 Å². The van der Waals surface area contributed by atoms with Gasteiger partial charge in [0.15, 0.2) is 6.79 Å². The Morgan fingerprint density at radius 3 is 1.80 bits per heavy atom. The van der Waals surface area contributed by atoms with Crippen LogP contribution in [0.5, 0.6) is 0 Å². The first-order valence-electron chi connectivity index (χ1n) is 10.3. The van der Waals surface area contributed by atoms with Crippen LogP contribution < -0.4 is 0 Å². The minimum absolute atomic E-state index is 0.0253. The normalized spacial score (nSPS) is 10.6. The maximum absolute atomic E-state index is 11.6. The highest BCUT2D eigenvalue weighted by Crippen LogP contribution is 2.14. The van der Waals surface area contributed by atoms with E-state index >= 15 is 0 Å². The molecule has 0 saturated heterocycles. The third-order valence-corrected chi connectivity index (χ3v) is 4.38. The first-order valence-corrected chi connectivity index (χ1v) is 10.3. The summed E-state index contributed by atoms with van der Waals surface area (Å²) >= 11 is 0. The van der Waals surface area contributed by atoms with E-state index in [1.165, 1.54) is 70.6 Å². The van der Waals surface area contributed by atoms with Crippen LogP contribution in [0, 0.1) is 0 Å². The number of esters is 1. The van der Waals surface area contributed by atoms with E-state index in [1.54, 1.807) is 6.08 Å². The van der Waals surface area contributed by atoms with Gasteiger partial charge in [0.25, 0.3) is 0 Å². The lowest BCUT2D eigenvalue weighted by molar-refractivity contribution is -0.150.